The van der Waals surface area contributed by atoms with Gasteiger partial charge in [0, 0.05) is 13.1 Å². The second-order valence-electron chi connectivity index (χ2n) is 6.37. The third kappa shape index (κ3) is 5.14. The summed E-state index contributed by atoms with van der Waals surface area (Å²) >= 11 is 5.96. The van der Waals surface area contributed by atoms with E-state index < -0.39 is 10.0 Å². The van der Waals surface area contributed by atoms with E-state index in [2.05, 4.69) is 4.72 Å². The summed E-state index contributed by atoms with van der Waals surface area (Å²) in [6.07, 6.45) is 0. The molecule has 0 amide bonds. The standard InChI is InChI=1S/C14H24ClN3O2S/c1-10-6-11(7-12(16)13(10)15)21(19,20)17-8-14(2,3)9-18(4)5/h6-7,17H,8-9,16H2,1-5H3. The van der Waals surface area contributed by atoms with Gasteiger partial charge in [-0.1, -0.05) is 25.4 Å². The van der Waals surface area contributed by atoms with Crippen LogP contribution < -0.4 is 10.5 Å². The van der Waals surface area contributed by atoms with Gasteiger partial charge in [0.05, 0.1) is 15.6 Å². The number of nitrogens with zero attached hydrogens (tertiary/aromatic N) is 1. The lowest BCUT2D eigenvalue weighted by atomic mass is 9.93. The van der Waals surface area contributed by atoms with Crippen molar-refractivity contribution in [1.29, 1.82) is 0 Å². The zero-order valence-electron chi connectivity index (χ0n) is 13.2. The molecule has 0 aromatic heterocycles. The molecule has 0 radical (unpaired) electrons. The van der Waals surface area contributed by atoms with Gasteiger partial charge in [-0.2, -0.15) is 0 Å². The van der Waals surface area contributed by atoms with E-state index >= 15 is 0 Å². The molecule has 1 rings (SSSR count). The fraction of sp³-hybridized carbons (Fsp3) is 0.571. The summed E-state index contributed by atoms with van der Waals surface area (Å²) in [7, 11) is 0.317. The third-order valence-corrected chi connectivity index (χ3v) is 4.95. The summed E-state index contributed by atoms with van der Waals surface area (Å²) in [6, 6.07) is 2.91. The molecule has 0 bridgehead atoms. The number of nitrogen functional groups attached to an aromatic ring is 1. The maximum atomic E-state index is 12.4. The number of rotatable bonds is 6. The number of hydrogen-bond donors (Lipinski definition) is 2. The number of nitrogens with one attached hydrogen (secondary N) is 1. The highest BCUT2D eigenvalue weighted by atomic mass is 35.5. The highest BCUT2D eigenvalue weighted by molar-refractivity contribution is 7.89. The molecule has 7 heteroatoms. The molecule has 0 saturated carbocycles. The lowest BCUT2D eigenvalue weighted by Crippen LogP contribution is -2.39. The molecule has 0 aliphatic carbocycles. The van der Waals surface area contributed by atoms with Crippen LogP contribution in [0, 0.1) is 12.3 Å². The number of hydrogen-bond acceptors (Lipinski definition) is 4. The van der Waals surface area contributed by atoms with Crippen LogP contribution in [-0.4, -0.2) is 40.5 Å². The van der Waals surface area contributed by atoms with Crippen LogP contribution in [0.25, 0.3) is 0 Å². The fourth-order valence-electron chi connectivity index (χ4n) is 2.20. The lowest BCUT2D eigenvalue weighted by molar-refractivity contribution is 0.242. The van der Waals surface area contributed by atoms with E-state index in [0.29, 0.717) is 17.1 Å². The van der Waals surface area contributed by atoms with Gasteiger partial charge < -0.3 is 10.6 Å². The Morgan fingerprint density at radius 1 is 1.33 bits per heavy atom. The van der Waals surface area contributed by atoms with Crippen LogP contribution in [0.15, 0.2) is 17.0 Å². The van der Waals surface area contributed by atoms with E-state index in [1.165, 1.54) is 12.1 Å². The number of halogens is 1. The largest absolute Gasteiger partial charge is 0.397 e. The number of sulfonamides is 1. The van der Waals surface area contributed by atoms with E-state index in [4.69, 9.17) is 17.3 Å². The first-order valence-corrected chi connectivity index (χ1v) is 8.51. The smallest absolute Gasteiger partial charge is 0.240 e. The Hall–Kier alpha value is -0.820. The van der Waals surface area contributed by atoms with Crippen LogP contribution in [0.4, 0.5) is 5.69 Å². The van der Waals surface area contributed by atoms with Gasteiger partial charge in [0.1, 0.15) is 0 Å². The SMILES string of the molecule is Cc1cc(S(=O)(=O)NCC(C)(C)CN(C)C)cc(N)c1Cl. The molecule has 21 heavy (non-hydrogen) atoms. The van der Waals surface area contributed by atoms with Crippen molar-refractivity contribution in [3.8, 4) is 0 Å². The second-order valence-corrected chi connectivity index (χ2v) is 8.51. The first-order valence-electron chi connectivity index (χ1n) is 6.65. The van der Waals surface area contributed by atoms with Crippen LogP contribution in [0.3, 0.4) is 0 Å². The summed E-state index contributed by atoms with van der Waals surface area (Å²) in [4.78, 5) is 2.17. The maximum Gasteiger partial charge on any atom is 0.240 e. The van der Waals surface area contributed by atoms with Crippen LogP contribution in [0.5, 0.6) is 0 Å². The lowest BCUT2D eigenvalue weighted by Gasteiger charge is -2.28. The van der Waals surface area contributed by atoms with Gasteiger partial charge >= 0.3 is 0 Å². The molecule has 0 spiro atoms. The molecule has 0 fully saturated rings. The number of benzene rings is 1. The topological polar surface area (TPSA) is 75.4 Å². The van der Waals surface area contributed by atoms with Crippen molar-refractivity contribution in [2.45, 2.75) is 25.7 Å². The number of nitrogens with two attached hydrogens (primary N) is 1. The summed E-state index contributed by atoms with van der Waals surface area (Å²) in [5.41, 5.74) is 6.47. The predicted octanol–water partition coefficient (Wildman–Crippen LogP) is 2.10. The summed E-state index contributed by atoms with van der Waals surface area (Å²) in [5.74, 6) is 0. The number of aryl methyl sites for hydroxylation is 1. The van der Waals surface area contributed by atoms with E-state index in [1.54, 1.807) is 6.92 Å². The molecule has 0 heterocycles. The van der Waals surface area contributed by atoms with Crippen LogP contribution >= 0.6 is 11.6 Å². The zero-order chi connectivity index (χ0) is 16.4. The average Bonchev–Trinajstić information content (AvgIpc) is 2.31. The van der Waals surface area contributed by atoms with Gasteiger partial charge in [-0.15, -0.1) is 0 Å². The van der Waals surface area contributed by atoms with Crippen molar-refractivity contribution in [1.82, 2.24) is 9.62 Å². The first-order chi connectivity index (χ1) is 9.44. The van der Waals surface area contributed by atoms with Gasteiger partial charge in [-0.05, 0) is 44.1 Å². The van der Waals surface area contributed by atoms with E-state index in [9.17, 15) is 8.42 Å². The molecule has 3 N–H and O–H groups in total. The molecule has 5 nitrogen and oxygen atoms in total. The molecule has 0 saturated heterocycles. The average molecular weight is 334 g/mol. The van der Waals surface area contributed by atoms with Crippen molar-refractivity contribution in [2.24, 2.45) is 5.41 Å². The maximum absolute atomic E-state index is 12.4. The van der Waals surface area contributed by atoms with Crippen LogP contribution in [-0.2, 0) is 10.0 Å². The van der Waals surface area contributed by atoms with Gasteiger partial charge in [-0.25, -0.2) is 13.1 Å². The van der Waals surface area contributed by atoms with Crippen LogP contribution in [0.2, 0.25) is 5.02 Å². The zero-order valence-corrected chi connectivity index (χ0v) is 14.8. The Morgan fingerprint density at radius 2 is 1.90 bits per heavy atom. The Labute approximate surface area is 132 Å². The van der Waals surface area contributed by atoms with Crippen molar-refractivity contribution < 1.29 is 8.42 Å². The minimum absolute atomic E-state index is 0.141. The van der Waals surface area contributed by atoms with Gasteiger partial charge in [0.15, 0.2) is 0 Å². The second kappa shape index (κ2) is 6.52. The normalized spacial score (nSPS) is 12.9. The quantitative estimate of drug-likeness (QED) is 0.782. The Balaban J connectivity index is 2.93. The summed E-state index contributed by atoms with van der Waals surface area (Å²) in [6.45, 7) is 6.87. The number of anilines is 1. The molecule has 0 aliphatic rings. The van der Waals surface area contributed by atoms with Gasteiger partial charge in [0.2, 0.25) is 10.0 Å². The summed E-state index contributed by atoms with van der Waals surface area (Å²) in [5, 5.41) is 0.391. The molecule has 120 valence electrons. The van der Waals surface area contributed by atoms with Crippen molar-refractivity contribution in [2.75, 3.05) is 32.9 Å². The van der Waals surface area contributed by atoms with E-state index in [0.717, 1.165) is 6.54 Å². The molecule has 1 aromatic rings. The van der Waals surface area contributed by atoms with E-state index in [1.807, 2.05) is 32.8 Å². The van der Waals surface area contributed by atoms with E-state index in [-0.39, 0.29) is 16.0 Å². The Bertz CT molecular complexity index is 590. The Kier molecular flexibility index (Phi) is 5.66. The molecule has 0 unspecified atom stereocenters. The van der Waals surface area contributed by atoms with Crippen molar-refractivity contribution >= 4 is 27.3 Å². The molecular weight excluding hydrogens is 310 g/mol. The highest BCUT2D eigenvalue weighted by Gasteiger charge is 2.23. The summed E-state index contributed by atoms with van der Waals surface area (Å²) < 4.78 is 27.4. The van der Waals surface area contributed by atoms with Crippen molar-refractivity contribution in [3.05, 3.63) is 22.7 Å². The first kappa shape index (κ1) is 18.2. The monoisotopic (exact) mass is 333 g/mol. The fourth-order valence-corrected chi connectivity index (χ4v) is 3.67. The minimum Gasteiger partial charge on any atom is -0.397 e. The van der Waals surface area contributed by atoms with Gasteiger partial charge in [0.25, 0.3) is 0 Å². The van der Waals surface area contributed by atoms with Crippen molar-refractivity contribution in [3.63, 3.8) is 0 Å². The predicted molar refractivity (Wildman–Crippen MR) is 88.1 cm³/mol. The molecular formula is C14H24ClN3O2S. The molecule has 0 atom stereocenters. The van der Waals surface area contributed by atoms with Crippen LogP contribution in [0.1, 0.15) is 19.4 Å². The molecule has 1 aromatic carbocycles. The van der Waals surface area contributed by atoms with Gasteiger partial charge in [-0.3, -0.25) is 0 Å². The Morgan fingerprint density at radius 3 is 2.38 bits per heavy atom. The third-order valence-electron chi connectivity index (χ3n) is 3.05. The molecule has 0 aliphatic heterocycles. The minimum atomic E-state index is -3.60. The highest BCUT2D eigenvalue weighted by Crippen LogP contribution is 2.27.